The van der Waals surface area contributed by atoms with Crippen molar-refractivity contribution in [2.45, 2.75) is 20.4 Å². The summed E-state index contributed by atoms with van der Waals surface area (Å²) < 4.78 is 0. The molecule has 2 amide bonds. The number of aromatic amines is 1. The maximum Gasteiger partial charge on any atom is 0.354 e. The predicted molar refractivity (Wildman–Crippen MR) is 77.3 cm³/mol. The standard InChI is InChI=1S/C14H16N4O3/c1-8-3-4-10(6-15-8)7-16-14(21)18-11-5-9(2)17-12(11)13(19)20/h3-6,17H,7H2,1-2H3,(H,19,20)(H2,16,18,21). The molecule has 2 rings (SSSR count). The van der Waals surface area contributed by atoms with E-state index < -0.39 is 12.0 Å². The van der Waals surface area contributed by atoms with Gasteiger partial charge in [0.05, 0.1) is 5.69 Å². The molecule has 0 fully saturated rings. The highest BCUT2D eigenvalue weighted by Crippen LogP contribution is 2.16. The van der Waals surface area contributed by atoms with Gasteiger partial charge in [0.1, 0.15) is 5.69 Å². The number of H-pyrrole nitrogens is 1. The fourth-order valence-electron chi connectivity index (χ4n) is 1.81. The molecule has 0 radical (unpaired) electrons. The minimum atomic E-state index is -1.12. The van der Waals surface area contributed by atoms with Crippen molar-refractivity contribution in [3.05, 3.63) is 47.0 Å². The van der Waals surface area contributed by atoms with E-state index in [0.717, 1.165) is 11.3 Å². The molecule has 0 aliphatic rings. The molecule has 0 aromatic carbocycles. The quantitative estimate of drug-likeness (QED) is 0.690. The zero-order chi connectivity index (χ0) is 15.4. The van der Waals surface area contributed by atoms with Gasteiger partial charge in [0.15, 0.2) is 0 Å². The van der Waals surface area contributed by atoms with Crippen LogP contribution >= 0.6 is 0 Å². The third kappa shape index (κ3) is 3.82. The third-order valence-electron chi connectivity index (χ3n) is 2.84. The lowest BCUT2D eigenvalue weighted by Gasteiger charge is -2.07. The summed E-state index contributed by atoms with van der Waals surface area (Å²) in [6.07, 6.45) is 1.68. The van der Waals surface area contributed by atoms with Gasteiger partial charge in [-0.05, 0) is 31.5 Å². The molecule has 0 aliphatic carbocycles. The molecule has 0 atom stereocenters. The third-order valence-corrected chi connectivity index (χ3v) is 2.84. The molecular weight excluding hydrogens is 272 g/mol. The number of rotatable bonds is 4. The lowest BCUT2D eigenvalue weighted by molar-refractivity contribution is 0.0692. The van der Waals surface area contributed by atoms with E-state index in [-0.39, 0.29) is 11.4 Å². The molecule has 0 unspecified atom stereocenters. The summed E-state index contributed by atoms with van der Waals surface area (Å²) in [4.78, 5) is 29.6. The molecule has 0 spiro atoms. The topological polar surface area (TPSA) is 107 Å². The summed E-state index contributed by atoms with van der Waals surface area (Å²) in [6.45, 7) is 3.91. The zero-order valence-corrected chi connectivity index (χ0v) is 11.7. The van der Waals surface area contributed by atoms with E-state index in [2.05, 4.69) is 20.6 Å². The van der Waals surface area contributed by atoms with Gasteiger partial charge in [-0.3, -0.25) is 4.98 Å². The summed E-state index contributed by atoms with van der Waals surface area (Å²) >= 11 is 0. The van der Waals surface area contributed by atoms with Crippen LogP contribution in [0, 0.1) is 13.8 Å². The lowest BCUT2D eigenvalue weighted by atomic mass is 10.2. The van der Waals surface area contributed by atoms with Crippen LogP contribution in [0.4, 0.5) is 10.5 Å². The van der Waals surface area contributed by atoms with Gasteiger partial charge in [-0.25, -0.2) is 9.59 Å². The van der Waals surface area contributed by atoms with E-state index in [0.29, 0.717) is 12.2 Å². The Balaban J connectivity index is 1.96. The number of carbonyl (C=O) groups is 2. The number of anilines is 1. The summed E-state index contributed by atoms with van der Waals surface area (Å²) in [5.74, 6) is -1.12. The number of aromatic nitrogens is 2. The fourth-order valence-corrected chi connectivity index (χ4v) is 1.81. The summed E-state index contributed by atoms with van der Waals surface area (Å²) in [5.41, 5.74) is 2.61. The van der Waals surface area contributed by atoms with Gasteiger partial charge in [-0.2, -0.15) is 0 Å². The summed E-state index contributed by atoms with van der Waals surface area (Å²) in [6, 6.07) is 4.81. The van der Waals surface area contributed by atoms with Gasteiger partial charge in [0.25, 0.3) is 0 Å². The molecule has 7 heteroatoms. The molecule has 21 heavy (non-hydrogen) atoms. The highest BCUT2D eigenvalue weighted by Gasteiger charge is 2.15. The Labute approximate surface area is 121 Å². The van der Waals surface area contributed by atoms with Crippen LogP contribution in [0.2, 0.25) is 0 Å². The number of aryl methyl sites for hydroxylation is 2. The van der Waals surface area contributed by atoms with Crippen molar-refractivity contribution in [1.82, 2.24) is 15.3 Å². The Morgan fingerprint density at radius 3 is 2.71 bits per heavy atom. The first-order valence-electron chi connectivity index (χ1n) is 6.35. The molecule has 7 nitrogen and oxygen atoms in total. The van der Waals surface area contributed by atoms with Crippen LogP contribution in [-0.4, -0.2) is 27.1 Å². The van der Waals surface area contributed by atoms with Gasteiger partial charge in [0.2, 0.25) is 0 Å². The molecule has 0 bridgehead atoms. The van der Waals surface area contributed by atoms with Crippen LogP contribution in [0.1, 0.15) is 27.4 Å². The number of urea groups is 1. The molecule has 4 N–H and O–H groups in total. The Hall–Kier alpha value is -2.83. The van der Waals surface area contributed by atoms with E-state index in [9.17, 15) is 9.59 Å². The summed E-state index contributed by atoms with van der Waals surface area (Å²) in [7, 11) is 0. The molecule has 110 valence electrons. The van der Waals surface area contributed by atoms with Crippen molar-refractivity contribution < 1.29 is 14.7 Å². The Bertz CT molecular complexity index is 661. The van der Waals surface area contributed by atoms with E-state index in [1.807, 2.05) is 19.1 Å². The van der Waals surface area contributed by atoms with E-state index in [1.165, 1.54) is 0 Å². The lowest BCUT2D eigenvalue weighted by Crippen LogP contribution is -2.28. The number of nitrogens with zero attached hydrogens (tertiary/aromatic N) is 1. The molecule has 0 aliphatic heterocycles. The second-order valence-electron chi connectivity index (χ2n) is 4.66. The molecular formula is C14H16N4O3. The number of carboxylic acids is 1. The number of hydrogen-bond donors (Lipinski definition) is 4. The van der Waals surface area contributed by atoms with E-state index >= 15 is 0 Å². The van der Waals surface area contributed by atoms with Crippen molar-refractivity contribution >= 4 is 17.7 Å². The zero-order valence-electron chi connectivity index (χ0n) is 11.7. The highest BCUT2D eigenvalue weighted by atomic mass is 16.4. The smallest absolute Gasteiger partial charge is 0.354 e. The highest BCUT2D eigenvalue weighted by molar-refractivity contribution is 5.99. The number of carbonyl (C=O) groups excluding carboxylic acids is 1. The Morgan fingerprint density at radius 2 is 2.10 bits per heavy atom. The van der Waals surface area contributed by atoms with Crippen molar-refractivity contribution in [2.24, 2.45) is 0 Å². The van der Waals surface area contributed by atoms with Crippen molar-refractivity contribution in [3.8, 4) is 0 Å². The van der Waals surface area contributed by atoms with Gasteiger partial charge in [-0.1, -0.05) is 6.07 Å². The number of carboxylic acid groups (broad SMARTS) is 1. The summed E-state index contributed by atoms with van der Waals surface area (Å²) in [5, 5.41) is 14.2. The van der Waals surface area contributed by atoms with Crippen molar-refractivity contribution in [2.75, 3.05) is 5.32 Å². The minimum absolute atomic E-state index is 0.0420. The maximum absolute atomic E-state index is 11.8. The van der Waals surface area contributed by atoms with E-state index in [1.54, 1.807) is 19.2 Å². The number of amides is 2. The van der Waals surface area contributed by atoms with Crippen LogP contribution in [0.5, 0.6) is 0 Å². The molecule has 2 aromatic rings. The fraction of sp³-hybridized carbons (Fsp3) is 0.214. The van der Waals surface area contributed by atoms with Crippen molar-refractivity contribution in [3.63, 3.8) is 0 Å². The largest absolute Gasteiger partial charge is 0.477 e. The van der Waals surface area contributed by atoms with Crippen LogP contribution in [-0.2, 0) is 6.54 Å². The first-order chi connectivity index (χ1) is 9.95. The van der Waals surface area contributed by atoms with Gasteiger partial charge < -0.3 is 20.7 Å². The second-order valence-corrected chi connectivity index (χ2v) is 4.66. The Kier molecular flexibility index (Phi) is 4.22. The second kappa shape index (κ2) is 6.08. The molecule has 2 aromatic heterocycles. The predicted octanol–water partition coefficient (Wildman–Crippen LogP) is 2.05. The van der Waals surface area contributed by atoms with E-state index in [4.69, 9.17) is 5.11 Å². The number of nitrogens with one attached hydrogen (secondary N) is 3. The Morgan fingerprint density at radius 1 is 1.33 bits per heavy atom. The average molecular weight is 288 g/mol. The first-order valence-corrected chi connectivity index (χ1v) is 6.35. The van der Waals surface area contributed by atoms with Gasteiger partial charge in [-0.15, -0.1) is 0 Å². The molecule has 0 saturated carbocycles. The van der Waals surface area contributed by atoms with Gasteiger partial charge in [0, 0.05) is 24.1 Å². The maximum atomic E-state index is 11.8. The molecule has 0 saturated heterocycles. The first kappa shape index (κ1) is 14.6. The average Bonchev–Trinajstić information content (AvgIpc) is 2.79. The molecule has 2 heterocycles. The van der Waals surface area contributed by atoms with Gasteiger partial charge >= 0.3 is 12.0 Å². The van der Waals surface area contributed by atoms with Crippen LogP contribution < -0.4 is 10.6 Å². The van der Waals surface area contributed by atoms with Crippen molar-refractivity contribution in [1.29, 1.82) is 0 Å². The normalized spacial score (nSPS) is 10.2. The van der Waals surface area contributed by atoms with Crippen LogP contribution in [0.25, 0.3) is 0 Å². The minimum Gasteiger partial charge on any atom is -0.477 e. The van der Waals surface area contributed by atoms with Crippen LogP contribution in [0.3, 0.4) is 0 Å². The number of pyridine rings is 1. The monoisotopic (exact) mass is 288 g/mol. The van der Waals surface area contributed by atoms with Crippen LogP contribution in [0.15, 0.2) is 24.4 Å². The number of hydrogen-bond acceptors (Lipinski definition) is 3. The SMILES string of the molecule is Cc1ccc(CNC(=O)Nc2cc(C)[nH]c2C(=O)O)cn1. The number of aromatic carboxylic acids is 1.